The molecule has 7 nitrogen and oxygen atoms in total. The van der Waals surface area contributed by atoms with E-state index in [4.69, 9.17) is 15.6 Å². The molecule has 110 valence electrons. The molecule has 0 radical (unpaired) electrons. The number of benzene rings is 1. The van der Waals surface area contributed by atoms with Gasteiger partial charge in [0.2, 0.25) is 0 Å². The molecule has 0 spiro atoms. The summed E-state index contributed by atoms with van der Waals surface area (Å²) in [4.78, 5) is 30.2. The van der Waals surface area contributed by atoms with Gasteiger partial charge in [-0.1, -0.05) is 12.1 Å². The molecular formula is C10H9F3N2O5. The van der Waals surface area contributed by atoms with Crippen LogP contribution in [-0.2, 0) is 9.53 Å². The number of anilines is 1. The summed E-state index contributed by atoms with van der Waals surface area (Å²) in [6.45, 7) is 0. The number of ether oxygens (including phenoxy) is 1. The van der Waals surface area contributed by atoms with E-state index in [1.165, 1.54) is 12.1 Å². The molecular weight excluding hydrogens is 285 g/mol. The van der Waals surface area contributed by atoms with Crippen LogP contribution < -0.4 is 11.5 Å². The zero-order valence-electron chi connectivity index (χ0n) is 9.68. The predicted octanol–water partition coefficient (Wildman–Crippen LogP) is 1.14. The van der Waals surface area contributed by atoms with Crippen molar-refractivity contribution >= 4 is 23.7 Å². The van der Waals surface area contributed by atoms with E-state index in [0.717, 1.165) is 0 Å². The smallest absolute Gasteiger partial charge is 0.475 e. The lowest BCUT2D eigenvalue weighted by atomic mass is 10.2. The second-order valence-corrected chi connectivity index (χ2v) is 3.10. The van der Waals surface area contributed by atoms with Crippen molar-refractivity contribution in [2.24, 2.45) is 5.73 Å². The Balaban J connectivity index is 0.000000441. The highest BCUT2D eigenvalue weighted by Crippen LogP contribution is 2.13. The van der Waals surface area contributed by atoms with Gasteiger partial charge in [-0.2, -0.15) is 13.2 Å². The molecule has 0 aliphatic heterocycles. The maximum absolute atomic E-state index is 11.1. The Bertz CT molecular complexity index is 516. The molecule has 5 N–H and O–H groups in total. The van der Waals surface area contributed by atoms with E-state index in [1.807, 2.05) is 0 Å². The first-order valence-electron chi connectivity index (χ1n) is 4.72. The molecule has 0 heterocycles. The van der Waals surface area contributed by atoms with Crippen LogP contribution in [0.3, 0.4) is 0 Å². The van der Waals surface area contributed by atoms with E-state index >= 15 is 0 Å². The number of hydrogen-bond donors (Lipinski definition) is 3. The topological polar surface area (TPSA) is 133 Å². The first kappa shape index (κ1) is 17.2. The number of carbonyl (C=O) groups is 3. The number of aliphatic carboxylic acids is 1. The maximum Gasteiger partial charge on any atom is 0.490 e. The van der Waals surface area contributed by atoms with E-state index < -0.39 is 24.2 Å². The Labute approximate surface area is 109 Å². The molecule has 0 atom stereocenters. The summed E-state index contributed by atoms with van der Waals surface area (Å²) in [5, 5.41) is 7.12. The number of primary amides is 1. The van der Waals surface area contributed by atoms with Crippen LogP contribution in [0.25, 0.3) is 0 Å². The summed E-state index contributed by atoms with van der Waals surface area (Å²) in [7, 11) is 0. The van der Waals surface area contributed by atoms with Crippen LogP contribution in [0.15, 0.2) is 24.3 Å². The van der Waals surface area contributed by atoms with Gasteiger partial charge in [0.05, 0.1) is 5.56 Å². The minimum atomic E-state index is -5.08. The first-order chi connectivity index (χ1) is 9.05. The third kappa shape index (κ3) is 6.23. The molecule has 1 aromatic carbocycles. The van der Waals surface area contributed by atoms with Gasteiger partial charge in [0.1, 0.15) is 0 Å². The molecule has 1 rings (SSSR count). The summed E-state index contributed by atoms with van der Waals surface area (Å²) >= 11 is 0. The van der Waals surface area contributed by atoms with Crippen LogP contribution in [0.2, 0.25) is 0 Å². The van der Waals surface area contributed by atoms with Crippen molar-refractivity contribution in [3.8, 4) is 0 Å². The van der Waals surface area contributed by atoms with Gasteiger partial charge >= 0.3 is 24.2 Å². The molecule has 0 aromatic heterocycles. The first-order valence-corrected chi connectivity index (χ1v) is 4.72. The number of alkyl halides is 3. The van der Waals surface area contributed by atoms with Crippen LogP contribution in [0.1, 0.15) is 10.4 Å². The van der Waals surface area contributed by atoms with Crippen molar-refractivity contribution < 1.29 is 37.4 Å². The van der Waals surface area contributed by atoms with Crippen molar-refractivity contribution in [1.82, 2.24) is 0 Å². The number of carbonyl (C=O) groups excluding carboxylic acids is 2. The molecule has 0 aliphatic carbocycles. The van der Waals surface area contributed by atoms with Crippen molar-refractivity contribution in [3.05, 3.63) is 29.8 Å². The molecule has 1 amide bonds. The number of para-hydroxylation sites is 1. The fourth-order valence-electron chi connectivity index (χ4n) is 0.829. The highest BCUT2D eigenvalue weighted by atomic mass is 19.4. The quantitative estimate of drug-likeness (QED) is 0.404. The fraction of sp³-hybridized carbons (Fsp3) is 0.100. The van der Waals surface area contributed by atoms with Gasteiger partial charge in [0, 0.05) is 5.69 Å². The number of esters is 1. The minimum absolute atomic E-state index is 0.126. The maximum atomic E-state index is 11.1. The zero-order valence-corrected chi connectivity index (χ0v) is 9.68. The summed E-state index contributed by atoms with van der Waals surface area (Å²) in [6.07, 6.45) is -6.23. The average molecular weight is 294 g/mol. The number of nitrogen functional groups attached to an aromatic ring is 1. The zero-order chi connectivity index (χ0) is 15.9. The molecule has 10 heteroatoms. The van der Waals surface area contributed by atoms with Crippen molar-refractivity contribution in [2.75, 3.05) is 5.73 Å². The van der Waals surface area contributed by atoms with Gasteiger partial charge in [-0.25, -0.2) is 14.4 Å². The van der Waals surface area contributed by atoms with Crippen molar-refractivity contribution in [3.63, 3.8) is 0 Å². The summed E-state index contributed by atoms with van der Waals surface area (Å²) in [5.74, 6) is -3.60. The molecule has 0 unspecified atom stereocenters. The highest BCUT2D eigenvalue weighted by Gasteiger charge is 2.38. The van der Waals surface area contributed by atoms with Crippen molar-refractivity contribution in [1.29, 1.82) is 0 Å². The molecule has 0 aliphatic rings. The number of carboxylic acid groups (broad SMARTS) is 1. The van der Waals surface area contributed by atoms with Gasteiger partial charge in [-0.05, 0) is 12.1 Å². The SMILES string of the molecule is NC(=O)OC(=O)c1ccccc1N.O=C(O)C(F)(F)F. The van der Waals surface area contributed by atoms with Gasteiger partial charge < -0.3 is 21.3 Å². The number of rotatable bonds is 1. The lowest BCUT2D eigenvalue weighted by Gasteiger charge is -2.01. The number of halogens is 3. The van der Waals surface area contributed by atoms with Gasteiger partial charge in [0.25, 0.3) is 0 Å². The minimum Gasteiger partial charge on any atom is -0.475 e. The van der Waals surface area contributed by atoms with Crippen LogP contribution in [0.4, 0.5) is 23.7 Å². The number of carboxylic acids is 1. The largest absolute Gasteiger partial charge is 0.490 e. The Morgan fingerprint density at radius 3 is 1.95 bits per heavy atom. The number of amides is 1. The Morgan fingerprint density at radius 2 is 1.60 bits per heavy atom. The van der Waals surface area contributed by atoms with Gasteiger partial charge in [-0.15, -0.1) is 0 Å². The van der Waals surface area contributed by atoms with E-state index in [2.05, 4.69) is 10.5 Å². The standard InChI is InChI=1S/C8H8N2O3.C2HF3O2/c9-6-4-2-1-3-5(6)7(11)13-8(10)12;3-2(4,5)1(6)7/h1-4H,9H2,(H2,10,12);(H,6,7). The Hall–Kier alpha value is -2.78. The average Bonchev–Trinajstić information content (AvgIpc) is 2.27. The molecule has 20 heavy (non-hydrogen) atoms. The molecule has 1 aromatic rings. The third-order valence-corrected chi connectivity index (χ3v) is 1.62. The second kappa shape index (κ2) is 6.97. The van der Waals surface area contributed by atoms with E-state index in [1.54, 1.807) is 12.1 Å². The lowest BCUT2D eigenvalue weighted by Crippen LogP contribution is -2.21. The van der Waals surface area contributed by atoms with E-state index in [-0.39, 0.29) is 11.3 Å². The number of hydrogen-bond acceptors (Lipinski definition) is 5. The van der Waals surface area contributed by atoms with E-state index in [0.29, 0.717) is 0 Å². The molecule has 0 fully saturated rings. The normalized spacial score (nSPS) is 9.95. The molecule has 0 saturated heterocycles. The Morgan fingerprint density at radius 1 is 1.15 bits per heavy atom. The predicted molar refractivity (Wildman–Crippen MR) is 59.5 cm³/mol. The third-order valence-electron chi connectivity index (χ3n) is 1.62. The monoisotopic (exact) mass is 294 g/mol. The number of nitrogens with two attached hydrogens (primary N) is 2. The van der Waals surface area contributed by atoms with Crippen LogP contribution in [0.5, 0.6) is 0 Å². The molecule has 0 bridgehead atoms. The van der Waals surface area contributed by atoms with Gasteiger partial charge in [0.15, 0.2) is 0 Å². The summed E-state index contributed by atoms with van der Waals surface area (Å²) in [5.41, 5.74) is 10.5. The van der Waals surface area contributed by atoms with Crippen molar-refractivity contribution in [2.45, 2.75) is 6.18 Å². The van der Waals surface area contributed by atoms with Gasteiger partial charge in [-0.3, -0.25) is 0 Å². The summed E-state index contributed by atoms with van der Waals surface area (Å²) < 4.78 is 35.9. The second-order valence-electron chi connectivity index (χ2n) is 3.10. The molecule has 0 saturated carbocycles. The van der Waals surface area contributed by atoms with Crippen LogP contribution in [0, 0.1) is 0 Å². The van der Waals surface area contributed by atoms with Crippen LogP contribution in [-0.4, -0.2) is 29.3 Å². The summed E-state index contributed by atoms with van der Waals surface area (Å²) in [6, 6.07) is 6.24. The van der Waals surface area contributed by atoms with Crippen LogP contribution >= 0.6 is 0 Å². The highest BCUT2D eigenvalue weighted by molar-refractivity contribution is 5.99. The fourth-order valence-corrected chi connectivity index (χ4v) is 0.829. The lowest BCUT2D eigenvalue weighted by molar-refractivity contribution is -0.192. The van der Waals surface area contributed by atoms with E-state index in [9.17, 15) is 22.8 Å². The Kier molecular flexibility index (Phi) is 6.00.